The largest absolute Gasteiger partial charge is 0.472 e. The standard InChI is InChI=1S/C9H11N3OS/c1-7(8-2-3-13-5-8)10-4-9-6-14-12-11-9/h2-3,5-7,10H,4H2,1H3. The molecule has 1 unspecified atom stereocenters. The van der Waals surface area contributed by atoms with Crippen molar-refractivity contribution in [2.45, 2.75) is 19.5 Å². The fraction of sp³-hybridized carbons (Fsp3) is 0.333. The second-order valence-corrected chi connectivity index (χ2v) is 3.67. The van der Waals surface area contributed by atoms with Crippen LogP contribution in [0.25, 0.3) is 0 Å². The predicted octanol–water partition coefficient (Wildman–Crippen LogP) is 1.98. The van der Waals surface area contributed by atoms with Crippen molar-refractivity contribution in [2.75, 3.05) is 0 Å². The number of hydrogen-bond donors (Lipinski definition) is 1. The van der Waals surface area contributed by atoms with Gasteiger partial charge in [0.15, 0.2) is 0 Å². The molecule has 4 nitrogen and oxygen atoms in total. The zero-order valence-electron chi connectivity index (χ0n) is 7.80. The molecule has 0 aliphatic rings. The fourth-order valence-electron chi connectivity index (χ4n) is 1.16. The summed E-state index contributed by atoms with van der Waals surface area (Å²) in [5, 5.41) is 9.22. The van der Waals surface area contributed by atoms with Crippen molar-refractivity contribution in [1.82, 2.24) is 14.9 Å². The van der Waals surface area contributed by atoms with Gasteiger partial charge in [-0.2, -0.15) is 0 Å². The summed E-state index contributed by atoms with van der Waals surface area (Å²) in [5.74, 6) is 0. The van der Waals surface area contributed by atoms with E-state index in [1.807, 2.05) is 11.4 Å². The van der Waals surface area contributed by atoms with Crippen LogP contribution in [-0.4, -0.2) is 9.59 Å². The first-order valence-electron chi connectivity index (χ1n) is 4.37. The van der Waals surface area contributed by atoms with Crippen molar-refractivity contribution in [3.63, 3.8) is 0 Å². The van der Waals surface area contributed by atoms with E-state index < -0.39 is 0 Å². The summed E-state index contributed by atoms with van der Waals surface area (Å²) in [5.41, 5.74) is 2.12. The summed E-state index contributed by atoms with van der Waals surface area (Å²) in [6, 6.07) is 2.23. The molecule has 0 amide bonds. The molecule has 2 rings (SSSR count). The van der Waals surface area contributed by atoms with E-state index in [2.05, 4.69) is 21.8 Å². The lowest BCUT2D eigenvalue weighted by molar-refractivity contribution is 0.535. The molecule has 0 radical (unpaired) electrons. The molecule has 74 valence electrons. The van der Waals surface area contributed by atoms with Crippen LogP contribution < -0.4 is 5.32 Å². The smallest absolute Gasteiger partial charge is 0.0950 e. The summed E-state index contributed by atoms with van der Waals surface area (Å²) in [6.07, 6.45) is 3.43. The maximum atomic E-state index is 5.01. The van der Waals surface area contributed by atoms with Gasteiger partial charge in [0.2, 0.25) is 0 Å². The van der Waals surface area contributed by atoms with Crippen LogP contribution in [0.4, 0.5) is 0 Å². The molecule has 5 heteroatoms. The van der Waals surface area contributed by atoms with Crippen molar-refractivity contribution < 1.29 is 4.42 Å². The molecule has 1 atom stereocenters. The molecule has 2 aromatic rings. The van der Waals surface area contributed by atoms with Crippen LogP contribution >= 0.6 is 11.5 Å². The first kappa shape index (κ1) is 9.36. The van der Waals surface area contributed by atoms with E-state index in [9.17, 15) is 0 Å². The normalized spacial score (nSPS) is 12.9. The highest BCUT2D eigenvalue weighted by atomic mass is 32.1. The Balaban J connectivity index is 1.87. The topological polar surface area (TPSA) is 51.0 Å². The lowest BCUT2D eigenvalue weighted by Gasteiger charge is -2.09. The zero-order valence-corrected chi connectivity index (χ0v) is 8.62. The Kier molecular flexibility index (Phi) is 2.90. The third-order valence-corrected chi connectivity index (χ3v) is 2.59. The minimum atomic E-state index is 0.274. The second-order valence-electron chi connectivity index (χ2n) is 3.06. The highest BCUT2D eigenvalue weighted by Gasteiger charge is 2.06. The van der Waals surface area contributed by atoms with Crippen LogP contribution in [0.15, 0.2) is 28.4 Å². The molecule has 2 aromatic heterocycles. The summed E-state index contributed by atoms with van der Waals surface area (Å²) in [4.78, 5) is 0. The molecule has 0 spiro atoms. The Morgan fingerprint density at radius 3 is 3.21 bits per heavy atom. The summed E-state index contributed by atoms with van der Waals surface area (Å²) < 4.78 is 8.80. The highest BCUT2D eigenvalue weighted by Crippen LogP contribution is 2.12. The van der Waals surface area contributed by atoms with E-state index in [1.165, 1.54) is 11.5 Å². The van der Waals surface area contributed by atoms with Crippen LogP contribution in [-0.2, 0) is 6.54 Å². The van der Waals surface area contributed by atoms with Gasteiger partial charge in [0.25, 0.3) is 0 Å². The molecule has 0 aliphatic carbocycles. The maximum Gasteiger partial charge on any atom is 0.0950 e. The molecular weight excluding hydrogens is 198 g/mol. The van der Waals surface area contributed by atoms with Crippen molar-refractivity contribution in [1.29, 1.82) is 0 Å². The van der Waals surface area contributed by atoms with Gasteiger partial charge in [-0.05, 0) is 24.5 Å². The molecule has 0 saturated carbocycles. The Bertz CT molecular complexity index is 357. The van der Waals surface area contributed by atoms with E-state index in [-0.39, 0.29) is 6.04 Å². The third kappa shape index (κ3) is 2.18. The lowest BCUT2D eigenvalue weighted by Crippen LogP contribution is -2.17. The number of aromatic nitrogens is 2. The van der Waals surface area contributed by atoms with Gasteiger partial charge in [-0.1, -0.05) is 4.49 Å². The molecular formula is C9H11N3OS. The molecule has 0 aliphatic heterocycles. The fourth-order valence-corrected chi connectivity index (χ4v) is 1.61. The molecule has 0 aromatic carbocycles. The van der Waals surface area contributed by atoms with Gasteiger partial charge in [-0.25, -0.2) is 0 Å². The van der Waals surface area contributed by atoms with E-state index in [1.54, 1.807) is 12.5 Å². The summed E-state index contributed by atoms with van der Waals surface area (Å²) in [6.45, 7) is 2.83. The van der Waals surface area contributed by atoms with Crippen molar-refractivity contribution in [3.05, 3.63) is 35.2 Å². The average molecular weight is 209 g/mol. The van der Waals surface area contributed by atoms with Gasteiger partial charge in [0, 0.05) is 23.5 Å². The summed E-state index contributed by atoms with van der Waals surface area (Å²) in [7, 11) is 0. The van der Waals surface area contributed by atoms with E-state index >= 15 is 0 Å². The maximum absolute atomic E-state index is 5.01. The van der Waals surface area contributed by atoms with Crippen molar-refractivity contribution >= 4 is 11.5 Å². The van der Waals surface area contributed by atoms with Crippen LogP contribution in [0.1, 0.15) is 24.2 Å². The van der Waals surface area contributed by atoms with Crippen LogP contribution in [0.5, 0.6) is 0 Å². The lowest BCUT2D eigenvalue weighted by atomic mass is 10.2. The summed E-state index contributed by atoms with van der Waals surface area (Å²) >= 11 is 1.37. The van der Waals surface area contributed by atoms with Crippen LogP contribution in [0, 0.1) is 0 Å². The van der Waals surface area contributed by atoms with E-state index in [0.29, 0.717) is 0 Å². The highest BCUT2D eigenvalue weighted by molar-refractivity contribution is 7.03. The Morgan fingerprint density at radius 2 is 2.57 bits per heavy atom. The van der Waals surface area contributed by atoms with Gasteiger partial charge < -0.3 is 9.73 Å². The molecule has 2 heterocycles. The molecule has 0 bridgehead atoms. The van der Waals surface area contributed by atoms with Gasteiger partial charge >= 0.3 is 0 Å². The minimum absolute atomic E-state index is 0.274. The van der Waals surface area contributed by atoms with Gasteiger partial charge in [-0.15, -0.1) is 5.10 Å². The third-order valence-electron chi connectivity index (χ3n) is 2.04. The monoisotopic (exact) mass is 209 g/mol. The minimum Gasteiger partial charge on any atom is -0.472 e. The Hall–Kier alpha value is -1.20. The van der Waals surface area contributed by atoms with Gasteiger partial charge in [-0.3, -0.25) is 0 Å². The second kappa shape index (κ2) is 4.34. The molecule has 1 N–H and O–H groups in total. The number of rotatable bonds is 4. The Labute approximate surface area is 86.1 Å². The predicted molar refractivity (Wildman–Crippen MR) is 53.9 cm³/mol. The average Bonchev–Trinajstić information content (AvgIpc) is 2.87. The first-order chi connectivity index (χ1) is 6.86. The van der Waals surface area contributed by atoms with E-state index in [4.69, 9.17) is 4.42 Å². The molecule has 0 saturated heterocycles. The van der Waals surface area contributed by atoms with Gasteiger partial charge in [0.1, 0.15) is 0 Å². The molecule has 14 heavy (non-hydrogen) atoms. The molecule has 0 fully saturated rings. The van der Waals surface area contributed by atoms with Crippen LogP contribution in [0.3, 0.4) is 0 Å². The number of nitrogens with zero attached hydrogens (tertiary/aromatic N) is 2. The Morgan fingerprint density at radius 1 is 1.64 bits per heavy atom. The van der Waals surface area contributed by atoms with Crippen molar-refractivity contribution in [3.8, 4) is 0 Å². The number of hydrogen-bond acceptors (Lipinski definition) is 5. The first-order valence-corrected chi connectivity index (χ1v) is 5.21. The number of furan rings is 1. The number of nitrogens with one attached hydrogen (secondary N) is 1. The van der Waals surface area contributed by atoms with Gasteiger partial charge in [0.05, 0.1) is 18.2 Å². The zero-order chi connectivity index (χ0) is 9.80. The van der Waals surface area contributed by atoms with E-state index in [0.717, 1.165) is 17.8 Å². The SMILES string of the molecule is CC(NCc1csnn1)c1ccoc1. The quantitative estimate of drug-likeness (QED) is 0.836. The van der Waals surface area contributed by atoms with Crippen molar-refractivity contribution in [2.24, 2.45) is 0 Å². The van der Waals surface area contributed by atoms with Crippen LogP contribution in [0.2, 0.25) is 0 Å².